The number of aliphatic hydroxyl groups is 1. The van der Waals surface area contributed by atoms with Gasteiger partial charge in [0.2, 0.25) is 14.3 Å². The minimum Gasteiger partial charge on any atom is -0.482 e. The second-order valence-electron chi connectivity index (χ2n) is 13.6. The first-order valence-corrected chi connectivity index (χ1v) is 19.3. The van der Waals surface area contributed by atoms with Crippen molar-refractivity contribution < 1.29 is 33.1 Å². The molecule has 0 bridgehead atoms. The van der Waals surface area contributed by atoms with Crippen molar-refractivity contribution in [1.82, 2.24) is 4.90 Å². The maximum absolute atomic E-state index is 16.4. The van der Waals surface area contributed by atoms with Crippen molar-refractivity contribution in [3.8, 4) is 5.75 Å². The Morgan fingerprint density at radius 2 is 1.79 bits per heavy atom. The topological polar surface area (TPSA) is 99.6 Å². The van der Waals surface area contributed by atoms with E-state index in [9.17, 15) is 19.5 Å². The summed E-state index contributed by atoms with van der Waals surface area (Å²) in [4.78, 5) is 46.8. The summed E-state index contributed by atoms with van der Waals surface area (Å²) in [5.74, 6) is -0.792. The first-order chi connectivity index (χ1) is 22.5. The Balaban J connectivity index is 1.34. The van der Waals surface area contributed by atoms with Crippen LogP contribution >= 0.6 is 0 Å². The number of hydrogen-bond acceptors (Lipinski definition) is 6. The van der Waals surface area contributed by atoms with E-state index in [4.69, 9.17) is 9.47 Å². The first-order valence-electron chi connectivity index (χ1n) is 16.4. The summed E-state index contributed by atoms with van der Waals surface area (Å²) < 4.78 is 29.0. The van der Waals surface area contributed by atoms with E-state index in [1.807, 2.05) is 73.7 Å². The molecule has 5 atom stereocenters. The lowest BCUT2D eigenvalue weighted by molar-refractivity contribution is -0.150. The van der Waals surface area contributed by atoms with Gasteiger partial charge in [-0.15, -0.1) is 0 Å². The van der Waals surface area contributed by atoms with Gasteiger partial charge in [0.1, 0.15) is 5.75 Å². The SMILES string of the molecule is C[C@H]1[C@H]([Si](C)(C)F)[C@@H](CC(=O)N2CCC[C@H]2CO)O[C@]12C(=O)N(Cc1ccccc1)c1ccc(N3C(=O)COc4ccccc43)cc12. The van der Waals surface area contributed by atoms with Crippen molar-refractivity contribution in [2.75, 3.05) is 29.6 Å². The molecule has 3 amide bonds. The van der Waals surface area contributed by atoms with Crippen molar-refractivity contribution in [2.24, 2.45) is 5.92 Å². The van der Waals surface area contributed by atoms with Gasteiger partial charge in [0.25, 0.3) is 11.8 Å². The number of carbonyl (C=O) groups excluding carboxylic acids is 3. The van der Waals surface area contributed by atoms with Crippen LogP contribution in [0.25, 0.3) is 0 Å². The van der Waals surface area contributed by atoms with Crippen molar-refractivity contribution in [2.45, 2.75) is 69.1 Å². The minimum atomic E-state index is -3.52. The number of ether oxygens (including phenoxy) is 2. The van der Waals surface area contributed by atoms with Crippen LogP contribution in [0, 0.1) is 5.92 Å². The number of hydrogen-bond donors (Lipinski definition) is 1. The molecule has 11 heteroatoms. The number of likely N-dealkylation sites (tertiary alicyclic amines) is 1. The lowest BCUT2D eigenvalue weighted by Gasteiger charge is -2.32. The van der Waals surface area contributed by atoms with Crippen LogP contribution in [0.5, 0.6) is 5.75 Å². The highest BCUT2D eigenvalue weighted by Crippen LogP contribution is 2.61. The van der Waals surface area contributed by atoms with Gasteiger partial charge in [0.15, 0.2) is 12.2 Å². The van der Waals surface area contributed by atoms with E-state index in [1.165, 1.54) is 0 Å². The standard InChI is InChI=1S/C36H40FN3O6Si/c1-23-34(47(2,3)37)31(19-32(42)38-17-9-12-26(38)21-41)46-36(23)27-18-25(40-29-13-7-8-14-30(29)45-22-33(40)43)15-16-28(27)39(35(36)44)20-24-10-5-4-6-11-24/h4-8,10-11,13-16,18,23,26,31,34,41H,9,12,17,19-22H2,1-3H3/t23-,26-,31+,34-,36+/m0/s1. The number of nitrogens with zero attached hydrogens (tertiary/aromatic N) is 3. The zero-order valence-corrected chi connectivity index (χ0v) is 27.9. The van der Waals surface area contributed by atoms with Crippen LogP contribution in [0.1, 0.15) is 37.3 Å². The number of para-hydroxylation sites is 2. The molecule has 1 spiro atoms. The van der Waals surface area contributed by atoms with Crippen molar-refractivity contribution in [3.63, 3.8) is 0 Å². The zero-order valence-electron chi connectivity index (χ0n) is 26.9. The highest BCUT2D eigenvalue weighted by molar-refractivity contribution is 6.72. The predicted octanol–water partition coefficient (Wildman–Crippen LogP) is 5.44. The molecule has 4 aliphatic rings. The summed E-state index contributed by atoms with van der Waals surface area (Å²) in [6.07, 6.45) is 0.589. The molecule has 2 saturated heterocycles. The number of aliphatic hydroxyl groups excluding tert-OH is 1. The number of benzene rings is 3. The second kappa shape index (κ2) is 11.9. The molecule has 7 rings (SSSR count). The molecule has 0 aromatic heterocycles. The Kier molecular flexibility index (Phi) is 7.97. The number of amides is 3. The van der Waals surface area contributed by atoms with Gasteiger partial charge in [-0.25, -0.2) is 0 Å². The third-order valence-electron chi connectivity index (χ3n) is 10.4. The maximum atomic E-state index is 16.4. The van der Waals surface area contributed by atoms with Gasteiger partial charge < -0.3 is 28.5 Å². The van der Waals surface area contributed by atoms with Crippen molar-refractivity contribution in [3.05, 3.63) is 83.9 Å². The smallest absolute Gasteiger partial charge is 0.269 e. The molecule has 9 nitrogen and oxygen atoms in total. The Bertz CT molecular complexity index is 1720. The van der Waals surface area contributed by atoms with Crippen LogP contribution < -0.4 is 14.5 Å². The van der Waals surface area contributed by atoms with Gasteiger partial charge in [0, 0.05) is 29.3 Å². The van der Waals surface area contributed by atoms with E-state index in [-0.39, 0.29) is 49.9 Å². The minimum absolute atomic E-state index is 0.0794. The van der Waals surface area contributed by atoms with Gasteiger partial charge in [-0.1, -0.05) is 49.4 Å². The molecule has 4 heterocycles. The fourth-order valence-corrected chi connectivity index (χ4v) is 10.8. The summed E-state index contributed by atoms with van der Waals surface area (Å²) in [7, 11) is -3.52. The van der Waals surface area contributed by atoms with E-state index >= 15 is 4.11 Å². The van der Waals surface area contributed by atoms with Crippen molar-refractivity contribution >= 4 is 43.2 Å². The zero-order chi connectivity index (χ0) is 33.1. The lowest BCUT2D eigenvalue weighted by atomic mass is 9.82. The van der Waals surface area contributed by atoms with Crippen LogP contribution in [0.2, 0.25) is 18.6 Å². The summed E-state index contributed by atoms with van der Waals surface area (Å²) in [6.45, 7) is 5.64. The number of halogens is 1. The predicted molar refractivity (Wildman–Crippen MR) is 178 cm³/mol. The summed E-state index contributed by atoms with van der Waals surface area (Å²) in [5, 5.41) is 9.88. The summed E-state index contributed by atoms with van der Waals surface area (Å²) >= 11 is 0. The maximum Gasteiger partial charge on any atom is 0.269 e. The Hall–Kier alpha value is -4.06. The quantitative estimate of drug-likeness (QED) is 0.269. The number of fused-ring (bicyclic) bond motifs is 3. The van der Waals surface area contributed by atoms with Crippen molar-refractivity contribution in [1.29, 1.82) is 0 Å². The Morgan fingerprint density at radius 1 is 1.04 bits per heavy atom. The summed E-state index contributed by atoms with van der Waals surface area (Å²) in [6, 6.07) is 22.1. The largest absolute Gasteiger partial charge is 0.482 e. The molecule has 4 aliphatic heterocycles. The van der Waals surface area contributed by atoms with Crippen LogP contribution in [-0.4, -0.2) is 68.0 Å². The molecule has 0 saturated carbocycles. The first kappa shape index (κ1) is 31.5. The van der Waals surface area contributed by atoms with Gasteiger partial charge in [-0.05, 0) is 61.8 Å². The summed E-state index contributed by atoms with van der Waals surface area (Å²) in [5.41, 5.74) is 1.02. The molecule has 3 aromatic rings. The Morgan fingerprint density at radius 3 is 2.53 bits per heavy atom. The molecule has 1 N–H and O–H groups in total. The monoisotopic (exact) mass is 657 g/mol. The van der Waals surface area contributed by atoms with E-state index in [0.29, 0.717) is 41.3 Å². The molecular weight excluding hydrogens is 617 g/mol. The van der Waals surface area contributed by atoms with Crippen LogP contribution in [0.15, 0.2) is 72.8 Å². The average Bonchev–Trinajstić information content (AvgIpc) is 3.72. The molecule has 0 radical (unpaired) electrons. The normalized spacial score (nSPS) is 27.0. The molecule has 246 valence electrons. The van der Waals surface area contributed by atoms with Gasteiger partial charge in [-0.3, -0.25) is 19.3 Å². The fourth-order valence-electron chi connectivity index (χ4n) is 8.33. The third-order valence-corrected chi connectivity index (χ3v) is 12.8. The third kappa shape index (κ3) is 5.15. The fraction of sp³-hybridized carbons (Fsp3) is 0.417. The molecule has 47 heavy (non-hydrogen) atoms. The lowest BCUT2D eigenvalue weighted by Crippen LogP contribution is -2.45. The van der Waals surface area contributed by atoms with E-state index in [0.717, 1.165) is 12.0 Å². The molecular formula is C36H40FN3O6Si. The number of anilines is 3. The van der Waals surface area contributed by atoms with Crippen LogP contribution in [0.3, 0.4) is 0 Å². The average molecular weight is 658 g/mol. The van der Waals surface area contributed by atoms with Crippen LogP contribution in [0.4, 0.5) is 21.2 Å². The van der Waals surface area contributed by atoms with E-state index in [2.05, 4.69) is 0 Å². The number of rotatable bonds is 7. The highest BCUT2D eigenvalue weighted by Gasteiger charge is 2.67. The molecule has 2 fully saturated rings. The Labute approximate surface area is 275 Å². The highest BCUT2D eigenvalue weighted by atomic mass is 28.4. The molecule has 3 aromatic carbocycles. The van der Waals surface area contributed by atoms with E-state index in [1.54, 1.807) is 33.9 Å². The van der Waals surface area contributed by atoms with Gasteiger partial charge in [-0.2, -0.15) is 0 Å². The molecule has 0 aliphatic carbocycles. The van der Waals surface area contributed by atoms with Gasteiger partial charge >= 0.3 is 0 Å². The van der Waals surface area contributed by atoms with E-state index < -0.39 is 31.6 Å². The van der Waals surface area contributed by atoms with Crippen LogP contribution in [-0.2, 0) is 31.3 Å². The number of carbonyl (C=O) groups is 3. The molecule has 0 unspecified atom stereocenters. The van der Waals surface area contributed by atoms with Gasteiger partial charge in [0.05, 0.1) is 43.1 Å². The second-order valence-corrected chi connectivity index (χ2v) is 17.4.